The number of carbonyl (C=O) groups is 1. The average Bonchev–Trinajstić information content (AvgIpc) is 3.10. The monoisotopic (exact) mass is 342 g/mol. The van der Waals surface area contributed by atoms with E-state index >= 15 is 0 Å². The molecule has 1 saturated heterocycles. The van der Waals surface area contributed by atoms with E-state index in [4.69, 9.17) is 0 Å². The second-order valence-corrected chi connectivity index (χ2v) is 6.75. The van der Waals surface area contributed by atoms with Crippen LogP contribution < -0.4 is 5.32 Å². The van der Waals surface area contributed by atoms with Crippen LogP contribution in [0.2, 0.25) is 0 Å². The van der Waals surface area contributed by atoms with Gasteiger partial charge in [-0.15, -0.1) is 0 Å². The Morgan fingerprint density at radius 3 is 2.72 bits per heavy atom. The van der Waals surface area contributed by atoms with Gasteiger partial charge in [-0.3, -0.25) is 9.48 Å². The summed E-state index contributed by atoms with van der Waals surface area (Å²) >= 11 is 0. The highest BCUT2D eigenvalue weighted by molar-refractivity contribution is 5.95. The Balaban J connectivity index is 1.42. The van der Waals surface area contributed by atoms with Crippen molar-refractivity contribution in [3.05, 3.63) is 53.9 Å². The van der Waals surface area contributed by atoms with Crippen LogP contribution in [0.4, 0.5) is 0 Å². The highest BCUT2D eigenvalue weighted by Crippen LogP contribution is 2.13. The number of carbonyl (C=O) groups excluding carboxylic acids is 1. The van der Waals surface area contributed by atoms with Crippen molar-refractivity contribution in [2.75, 3.05) is 19.6 Å². The summed E-state index contributed by atoms with van der Waals surface area (Å²) < 4.78 is 1.75. The number of nitrogens with zero attached hydrogens (tertiary/aromatic N) is 3. The Kier molecular flexibility index (Phi) is 5.83. The molecule has 134 valence electrons. The van der Waals surface area contributed by atoms with E-state index in [2.05, 4.69) is 15.3 Å². The number of hydrogen-bond acceptors (Lipinski definition) is 4. The van der Waals surface area contributed by atoms with Crippen molar-refractivity contribution in [1.82, 2.24) is 20.0 Å². The van der Waals surface area contributed by atoms with Crippen LogP contribution in [0.3, 0.4) is 0 Å². The van der Waals surface area contributed by atoms with Gasteiger partial charge in [-0.25, -0.2) is 0 Å². The Labute approximate surface area is 148 Å². The number of likely N-dealkylation sites (tertiary alicyclic amines) is 1. The number of aliphatic hydroxyl groups excluding tert-OH is 1. The molecule has 3 rings (SSSR count). The number of amides is 1. The van der Waals surface area contributed by atoms with E-state index in [1.54, 1.807) is 10.9 Å². The topological polar surface area (TPSA) is 70.4 Å². The zero-order chi connectivity index (χ0) is 17.6. The third-order valence-corrected chi connectivity index (χ3v) is 4.74. The second kappa shape index (κ2) is 8.27. The fourth-order valence-electron chi connectivity index (χ4n) is 3.33. The SMILES string of the molecule is Cc1ccccc1C(=O)NC1CCN(C[C@@H](O)Cn2cccn2)CC1. The molecule has 2 heterocycles. The molecule has 0 spiro atoms. The van der Waals surface area contributed by atoms with Crippen LogP contribution in [-0.2, 0) is 6.54 Å². The number of aliphatic hydroxyl groups is 1. The molecule has 1 fully saturated rings. The predicted octanol–water partition coefficient (Wildman–Crippen LogP) is 1.45. The van der Waals surface area contributed by atoms with Crippen LogP contribution in [0.15, 0.2) is 42.7 Å². The summed E-state index contributed by atoms with van der Waals surface area (Å²) in [7, 11) is 0. The first-order valence-electron chi connectivity index (χ1n) is 8.86. The first kappa shape index (κ1) is 17.6. The molecule has 6 heteroatoms. The Morgan fingerprint density at radius 2 is 2.04 bits per heavy atom. The van der Waals surface area contributed by atoms with Gasteiger partial charge in [-0.1, -0.05) is 18.2 Å². The predicted molar refractivity (Wildman–Crippen MR) is 96.3 cm³/mol. The number of β-amino-alcohol motifs (C(OH)–C–C–N with tert-alkyl or cyclic N) is 1. The highest BCUT2D eigenvalue weighted by Gasteiger charge is 2.23. The molecule has 1 aliphatic rings. The molecule has 0 saturated carbocycles. The summed E-state index contributed by atoms with van der Waals surface area (Å²) in [6.45, 7) is 4.87. The van der Waals surface area contributed by atoms with E-state index in [9.17, 15) is 9.90 Å². The average molecular weight is 342 g/mol. The lowest BCUT2D eigenvalue weighted by atomic mass is 10.0. The number of nitrogens with one attached hydrogen (secondary N) is 1. The van der Waals surface area contributed by atoms with E-state index < -0.39 is 6.10 Å². The third kappa shape index (κ3) is 4.90. The first-order valence-corrected chi connectivity index (χ1v) is 8.86. The number of aryl methyl sites for hydroxylation is 1. The van der Waals surface area contributed by atoms with Crippen molar-refractivity contribution < 1.29 is 9.90 Å². The molecule has 2 N–H and O–H groups in total. The highest BCUT2D eigenvalue weighted by atomic mass is 16.3. The van der Waals surface area contributed by atoms with Crippen molar-refractivity contribution in [3.63, 3.8) is 0 Å². The minimum absolute atomic E-state index is 0.00951. The third-order valence-electron chi connectivity index (χ3n) is 4.74. The summed E-state index contributed by atoms with van der Waals surface area (Å²) in [6, 6.07) is 9.72. The lowest BCUT2D eigenvalue weighted by molar-refractivity contribution is 0.0750. The molecule has 1 aromatic heterocycles. The van der Waals surface area contributed by atoms with Gasteiger partial charge in [-0.2, -0.15) is 5.10 Å². The van der Waals surface area contributed by atoms with Crippen molar-refractivity contribution >= 4 is 5.91 Å². The van der Waals surface area contributed by atoms with Gasteiger partial charge in [0.15, 0.2) is 0 Å². The van der Waals surface area contributed by atoms with Gasteiger partial charge < -0.3 is 15.3 Å². The zero-order valence-corrected chi connectivity index (χ0v) is 14.6. The zero-order valence-electron chi connectivity index (χ0n) is 14.6. The van der Waals surface area contributed by atoms with Crippen LogP contribution in [0, 0.1) is 6.92 Å². The number of piperidine rings is 1. The maximum atomic E-state index is 12.4. The summed E-state index contributed by atoms with van der Waals surface area (Å²) in [5.74, 6) is 0.00951. The number of aromatic nitrogens is 2. The molecule has 0 aliphatic carbocycles. The molecule has 2 aromatic rings. The molecule has 25 heavy (non-hydrogen) atoms. The van der Waals surface area contributed by atoms with Gasteiger partial charge >= 0.3 is 0 Å². The first-order chi connectivity index (χ1) is 12.1. The Bertz CT molecular complexity index is 678. The van der Waals surface area contributed by atoms with Gasteiger partial charge in [0.1, 0.15) is 0 Å². The summed E-state index contributed by atoms with van der Waals surface area (Å²) in [5, 5.41) is 17.5. The lowest BCUT2D eigenvalue weighted by Crippen LogP contribution is -2.47. The molecule has 1 aliphatic heterocycles. The molecule has 1 amide bonds. The molecule has 6 nitrogen and oxygen atoms in total. The van der Waals surface area contributed by atoms with Gasteiger partial charge in [0.25, 0.3) is 5.91 Å². The van der Waals surface area contributed by atoms with Crippen LogP contribution in [0.5, 0.6) is 0 Å². The Morgan fingerprint density at radius 1 is 1.28 bits per heavy atom. The minimum Gasteiger partial charge on any atom is -0.390 e. The maximum Gasteiger partial charge on any atom is 0.251 e. The fraction of sp³-hybridized carbons (Fsp3) is 0.474. The van der Waals surface area contributed by atoms with Gasteiger partial charge in [-0.05, 0) is 37.5 Å². The van der Waals surface area contributed by atoms with Crippen LogP contribution >= 0.6 is 0 Å². The van der Waals surface area contributed by atoms with Gasteiger partial charge in [0, 0.05) is 43.6 Å². The van der Waals surface area contributed by atoms with E-state index in [0.717, 1.165) is 37.1 Å². The van der Waals surface area contributed by atoms with Crippen LogP contribution in [-0.4, -0.2) is 57.5 Å². The molecule has 0 unspecified atom stereocenters. The number of rotatable bonds is 6. The smallest absolute Gasteiger partial charge is 0.251 e. The van der Waals surface area contributed by atoms with E-state index in [1.807, 2.05) is 43.5 Å². The molecule has 0 bridgehead atoms. The van der Waals surface area contributed by atoms with E-state index in [0.29, 0.717) is 13.1 Å². The molecule has 0 radical (unpaired) electrons. The standard InChI is InChI=1S/C19H26N4O2/c1-15-5-2-3-6-18(15)19(25)21-16-7-11-22(12-8-16)13-17(24)14-23-10-4-9-20-23/h2-6,9-10,16-17,24H,7-8,11-14H2,1H3,(H,21,25)/t17-/m1/s1. The van der Waals surface area contributed by atoms with Crippen molar-refractivity contribution in [1.29, 1.82) is 0 Å². The van der Waals surface area contributed by atoms with E-state index in [-0.39, 0.29) is 11.9 Å². The van der Waals surface area contributed by atoms with Gasteiger partial charge in [0.05, 0.1) is 12.6 Å². The van der Waals surface area contributed by atoms with Crippen LogP contribution in [0.25, 0.3) is 0 Å². The largest absolute Gasteiger partial charge is 0.390 e. The summed E-state index contributed by atoms with van der Waals surface area (Å²) in [5.41, 5.74) is 1.75. The molecular weight excluding hydrogens is 316 g/mol. The van der Waals surface area contributed by atoms with Crippen molar-refractivity contribution in [2.45, 2.75) is 38.5 Å². The number of benzene rings is 1. The Hall–Kier alpha value is -2.18. The second-order valence-electron chi connectivity index (χ2n) is 6.75. The van der Waals surface area contributed by atoms with Crippen molar-refractivity contribution in [2.24, 2.45) is 0 Å². The number of hydrogen-bond donors (Lipinski definition) is 2. The lowest BCUT2D eigenvalue weighted by Gasteiger charge is -2.33. The van der Waals surface area contributed by atoms with Crippen LogP contribution in [0.1, 0.15) is 28.8 Å². The molecule has 1 atom stereocenters. The fourth-order valence-corrected chi connectivity index (χ4v) is 3.33. The molecule has 1 aromatic carbocycles. The van der Waals surface area contributed by atoms with Gasteiger partial charge in [0.2, 0.25) is 0 Å². The summed E-state index contributed by atoms with van der Waals surface area (Å²) in [4.78, 5) is 14.7. The maximum absolute atomic E-state index is 12.4. The summed E-state index contributed by atoms with van der Waals surface area (Å²) in [6.07, 6.45) is 4.96. The van der Waals surface area contributed by atoms with E-state index in [1.165, 1.54) is 0 Å². The van der Waals surface area contributed by atoms with Crippen molar-refractivity contribution in [3.8, 4) is 0 Å². The normalized spacial score (nSPS) is 17.4. The molecular formula is C19H26N4O2. The quantitative estimate of drug-likeness (QED) is 0.834. The minimum atomic E-state index is -0.432.